The third-order valence-corrected chi connectivity index (χ3v) is 17.6. The molecule has 1 aromatic carbocycles. The van der Waals surface area contributed by atoms with E-state index in [9.17, 15) is 52.7 Å². The Bertz CT molecular complexity index is 3470. The number of nitrogen functional groups attached to an aromatic ring is 2. The Morgan fingerprint density at radius 3 is 1.41 bits per heavy atom. The average Bonchev–Trinajstić information content (AvgIpc) is 1.32. The van der Waals surface area contributed by atoms with Crippen LogP contribution in [-0.4, -0.2) is 220 Å². The Balaban J connectivity index is 1.34. The van der Waals surface area contributed by atoms with Crippen LogP contribution in [0.4, 0.5) is 11.4 Å². The third-order valence-electron chi connectivity index (χ3n) is 17.6. The fraction of sp³-hybridized carbons (Fsp3) is 0.613. The van der Waals surface area contributed by atoms with Gasteiger partial charge in [0.2, 0.25) is 52.7 Å². The monoisotopic (exact) mass is 1270 g/mol. The van der Waals surface area contributed by atoms with Crippen molar-refractivity contribution < 1.29 is 71.4 Å². The number of nitrogens with one attached hydrogen (secondary N) is 4. The fourth-order valence-electron chi connectivity index (χ4n) is 12.5. The summed E-state index contributed by atoms with van der Waals surface area (Å²) in [4.78, 5) is 200. The first-order chi connectivity index (χ1) is 42.5. The van der Waals surface area contributed by atoms with Crippen LogP contribution in [0.5, 0.6) is 0 Å². The lowest BCUT2D eigenvalue weighted by Gasteiger charge is -2.36. The van der Waals surface area contributed by atoms with Gasteiger partial charge in [-0.1, -0.05) is 55.4 Å². The van der Waals surface area contributed by atoms with Crippen LogP contribution >= 0.6 is 0 Å². The van der Waals surface area contributed by atoms with Crippen LogP contribution < -0.4 is 38.2 Å². The van der Waals surface area contributed by atoms with Crippen molar-refractivity contribution in [3.8, 4) is 11.5 Å². The first-order valence-corrected chi connectivity index (χ1v) is 30.7. The lowest BCUT2D eigenvalue weighted by atomic mass is 9.98. The number of anilines is 2. The fourth-order valence-corrected chi connectivity index (χ4v) is 12.5. The van der Waals surface area contributed by atoms with Gasteiger partial charge in [0.1, 0.15) is 71.8 Å². The molecule has 1 aromatic rings. The van der Waals surface area contributed by atoms with Crippen molar-refractivity contribution in [1.29, 1.82) is 0 Å². The summed E-state index contributed by atoms with van der Waals surface area (Å²) < 4.78 is 18.3. The molecule has 0 radical (unpaired) electrons. The third kappa shape index (κ3) is 13.9. The number of rotatable bonds is 8. The highest BCUT2D eigenvalue weighted by Crippen LogP contribution is 2.37. The minimum Gasteiger partial charge on any atom is -0.458 e. The molecule has 0 spiro atoms. The summed E-state index contributed by atoms with van der Waals surface area (Å²) in [6.07, 6.45) is -1.75. The van der Waals surface area contributed by atoms with Crippen LogP contribution in [0.15, 0.2) is 15.3 Å². The second-order valence-corrected chi connectivity index (χ2v) is 25.8. The molecule has 496 valence electrons. The number of benzene rings is 2. The van der Waals surface area contributed by atoms with E-state index in [0.29, 0.717) is 12.8 Å². The summed E-state index contributed by atoms with van der Waals surface area (Å²) in [5.74, 6) is -12.8. The van der Waals surface area contributed by atoms with Crippen molar-refractivity contribution in [2.75, 3.05) is 65.8 Å². The van der Waals surface area contributed by atoms with Gasteiger partial charge < -0.3 is 76.0 Å². The second kappa shape index (κ2) is 27.7. The van der Waals surface area contributed by atoms with Crippen LogP contribution in [0.1, 0.15) is 127 Å². The summed E-state index contributed by atoms with van der Waals surface area (Å²) in [6.45, 7) is 18.1. The lowest BCUT2D eigenvalue weighted by Crippen LogP contribution is -2.61. The van der Waals surface area contributed by atoms with Gasteiger partial charge in [-0.15, -0.1) is 0 Å². The van der Waals surface area contributed by atoms with Gasteiger partial charge in [0, 0.05) is 52.5 Å². The molecule has 5 aliphatic heterocycles. The molecular weight excluding hydrogens is 1180 g/mol. The standard InChI is InChI=1S/C62H87N13O16/c1-26(2)42-59(85)74-21-17-19-35(74)57(83)70(13)24-37(76)72(15)48(28(5)6)61(87)89-32(11)44(55(81)66-42)68-53(79)39-34(63)23-30(9)51-46(39)65-47-40(41(64)50(78)31(10)52(47)91-51)54(80)69-45-33(12)90-62(88)49(29(7)8)73(16)38(77)25-71(14)58(84)36-20-18-22-75(36)60(86)43(27(3)4)67-56(45)82/h23,26-29,32-33,35-36,42-45,48-49H,17-22,24-25,63-64H2,1-16H3,(H,66,81)(H,67,82)(H,68,79)(H,69,80)/t32-,33-,35+,36+,42-,43-,44+,45+,48+,49+/m1/s1. The molecule has 91 heavy (non-hydrogen) atoms. The highest BCUT2D eigenvalue weighted by atomic mass is 16.6. The molecule has 0 unspecified atom stereocenters. The van der Waals surface area contributed by atoms with Crippen molar-refractivity contribution in [3.63, 3.8) is 0 Å². The van der Waals surface area contributed by atoms with E-state index >= 15 is 9.59 Å². The van der Waals surface area contributed by atoms with Crippen molar-refractivity contribution in [2.45, 2.75) is 169 Å². The number of aryl methyl sites for hydroxylation is 1. The minimum atomic E-state index is -1.91. The Kier molecular flexibility index (Phi) is 21.1. The van der Waals surface area contributed by atoms with Gasteiger partial charge in [-0.2, -0.15) is 0 Å². The number of nitrogens with two attached hydrogens (primary N) is 2. The van der Waals surface area contributed by atoms with Crippen molar-refractivity contribution in [3.05, 3.63) is 38.5 Å². The number of fused-ring (bicyclic) bond motifs is 4. The predicted octanol–water partition coefficient (Wildman–Crippen LogP) is 0.308. The zero-order valence-corrected chi connectivity index (χ0v) is 54.6. The Morgan fingerprint density at radius 2 is 1.01 bits per heavy atom. The number of carbonyl (C=O) groups is 12. The van der Waals surface area contributed by atoms with Crippen LogP contribution in [0, 0.1) is 37.5 Å². The number of carbonyl (C=O) groups excluding carboxylic acids is 12. The van der Waals surface area contributed by atoms with E-state index in [1.807, 2.05) is 0 Å². The van der Waals surface area contributed by atoms with Gasteiger partial charge in [0.25, 0.3) is 11.8 Å². The van der Waals surface area contributed by atoms with E-state index in [2.05, 4.69) is 21.3 Å². The number of hydrogen-bond donors (Lipinski definition) is 6. The topological polar surface area (TPSA) is 386 Å². The normalized spacial score (nSPS) is 26.1. The van der Waals surface area contributed by atoms with E-state index in [1.54, 1.807) is 62.3 Å². The van der Waals surface area contributed by atoms with Crippen LogP contribution in [0.25, 0.3) is 22.6 Å². The molecule has 7 rings (SSSR count). The largest absolute Gasteiger partial charge is 0.458 e. The number of cyclic esters (lactones) is 2. The number of aromatic nitrogens is 1. The molecule has 6 aliphatic rings. The molecule has 10 amide bonds. The zero-order valence-electron chi connectivity index (χ0n) is 54.6. The molecule has 29 heteroatoms. The average molecular weight is 1270 g/mol. The number of amides is 10. The summed E-state index contributed by atoms with van der Waals surface area (Å²) in [6, 6.07) is -9.56. The second-order valence-electron chi connectivity index (χ2n) is 25.8. The van der Waals surface area contributed by atoms with Gasteiger partial charge in [-0.05, 0) is 88.7 Å². The molecule has 0 aromatic heterocycles. The van der Waals surface area contributed by atoms with E-state index in [0.717, 1.165) is 9.80 Å². The maximum atomic E-state index is 15.2. The van der Waals surface area contributed by atoms with Crippen molar-refractivity contribution >= 4 is 93.5 Å². The Morgan fingerprint density at radius 1 is 0.604 bits per heavy atom. The molecular formula is C62H87N13O16. The van der Waals surface area contributed by atoms with Gasteiger partial charge in [-0.3, -0.25) is 52.7 Å². The first-order valence-electron chi connectivity index (χ1n) is 30.7. The van der Waals surface area contributed by atoms with E-state index < -0.39 is 196 Å². The number of ether oxygens (including phenoxy) is 2. The minimum absolute atomic E-state index is 0.146. The van der Waals surface area contributed by atoms with Crippen LogP contribution in [-0.2, 0) is 57.4 Å². The highest BCUT2D eigenvalue weighted by molar-refractivity contribution is 6.13. The molecule has 8 N–H and O–H groups in total. The van der Waals surface area contributed by atoms with Crippen LogP contribution in [0.3, 0.4) is 0 Å². The first kappa shape index (κ1) is 69.6. The maximum absolute atomic E-state index is 15.2. The Hall–Kier alpha value is -8.92. The van der Waals surface area contributed by atoms with Crippen LogP contribution in [0.2, 0.25) is 0 Å². The van der Waals surface area contributed by atoms with E-state index in [4.69, 9.17) is 30.3 Å². The predicted molar refractivity (Wildman–Crippen MR) is 330 cm³/mol. The van der Waals surface area contributed by atoms with Crippen molar-refractivity contribution in [1.82, 2.24) is 55.7 Å². The van der Waals surface area contributed by atoms with E-state index in [1.165, 1.54) is 74.6 Å². The van der Waals surface area contributed by atoms with Crippen molar-refractivity contribution in [2.24, 2.45) is 23.7 Å². The summed E-state index contributed by atoms with van der Waals surface area (Å²) in [5, 5.41) is 10.6. The molecule has 29 nitrogen and oxygen atoms in total. The quantitative estimate of drug-likeness (QED) is 0.100. The van der Waals surface area contributed by atoms with Gasteiger partial charge in [0.15, 0.2) is 11.3 Å². The highest BCUT2D eigenvalue weighted by Gasteiger charge is 2.47. The smallest absolute Gasteiger partial charge is 0.329 e. The molecule has 4 fully saturated rings. The molecule has 0 bridgehead atoms. The maximum Gasteiger partial charge on any atom is 0.329 e. The Labute approximate surface area is 527 Å². The SMILES string of the molecule is Cc1c2oc3c(C)cc(N)c(C(=O)N[C@@H]4C(=O)N[C@H](C(C)C)C(=O)N5CCC[C@H]5C(=O)N(C)CC(=O)N(C)[C@@H](C(C)C)C(=O)O[C@@H]4C)c3nc-2c(C(=O)N[C@@H]2C(=O)N[C@H](C(C)C)C(=O)N3CCC[C@H]3C(=O)N(C)CC(=O)N(C)[C@@H](C(C)C)C(=O)O[C@@H]2C)c(N)c1=O. The summed E-state index contributed by atoms with van der Waals surface area (Å²) in [7, 11) is 5.56. The lowest BCUT2D eigenvalue weighted by molar-refractivity contribution is -0.163. The van der Waals surface area contributed by atoms with Gasteiger partial charge in [-0.25, -0.2) is 14.6 Å². The molecule has 5 heterocycles. The summed E-state index contributed by atoms with van der Waals surface area (Å²) in [5.41, 5.74) is 9.36. The van der Waals surface area contributed by atoms with Gasteiger partial charge >= 0.3 is 11.9 Å². The van der Waals surface area contributed by atoms with E-state index in [-0.39, 0.29) is 59.6 Å². The van der Waals surface area contributed by atoms with Gasteiger partial charge in [0.05, 0.1) is 29.9 Å². The summed E-state index contributed by atoms with van der Waals surface area (Å²) >= 11 is 0. The number of hydrogen-bond acceptors (Lipinski definition) is 19. The number of esters is 2. The molecule has 4 saturated heterocycles. The molecule has 1 aliphatic carbocycles. The number of nitrogens with zero attached hydrogens (tertiary/aromatic N) is 7. The molecule has 10 atom stereocenters. The number of likely N-dealkylation sites (N-methyl/N-ethyl adjacent to an activating group) is 4. The molecule has 0 saturated carbocycles. The zero-order chi connectivity index (χ0) is 67.8.